The fourth-order valence-corrected chi connectivity index (χ4v) is 2.57. The van der Waals surface area contributed by atoms with Crippen LogP contribution in [0.4, 0.5) is 10.5 Å². The molecule has 19 heavy (non-hydrogen) atoms. The van der Waals surface area contributed by atoms with Crippen molar-refractivity contribution in [3.63, 3.8) is 0 Å². The molecule has 1 saturated heterocycles. The Kier molecular flexibility index (Phi) is 5.05. The highest BCUT2D eigenvalue weighted by Crippen LogP contribution is 2.21. The highest BCUT2D eigenvalue weighted by atomic mass is 35.5. The van der Waals surface area contributed by atoms with Crippen molar-refractivity contribution < 1.29 is 9.90 Å². The van der Waals surface area contributed by atoms with Gasteiger partial charge in [0.2, 0.25) is 0 Å². The summed E-state index contributed by atoms with van der Waals surface area (Å²) < 4.78 is 0. The van der Waals surface area contributed by atoms with E-state index in [1.54, 1.807) is 24.3 Å². The summed E-state index contributed by atoms with van der Waals surface area (Å²) in [6.07, 6.45) is 3.76. The summed E-state index contributed by atoms with van der Waals surface area (Å²) in [5.41, 5.74) is 0.739. The Labute approximate surface area is 118 Å². The zero-order chi connectivity index (χ0) is 13.7. The summed E-state index contributed by atoms with van der Waals surface area (Å²) in [6.45, 7) is 0.874. The number of urea groups is 1. The van der Waals surface area contributed by atoms with Crippen molar-refractivity contribution in [3.05, 3.63) is 29.3 Å². The molecule has 2 rings (SSSR count). The van der Waals surface area contributed by atoms with Crippen LogP contribution in [0.15, 0.2) is 24.3 Å². The third-order valence-electron chi connectivity index (χ3n) is 3.45. The van der Waals surface area contributed by atoms with Crippen LogP contribution in [0.5, 0.6) is 0 Å². The number of halogens is 1. The molecule has 1 heterocycles. The first kappa shape index (κ1) is 14.2. The molecule has 0 aliphatic carbocycles. The van der Waals surface area contributed by atoms with Gasteiger partial charge in [-0.05, 0) is 49.9 Å². The number of rotatable bonds is 3. The first-order valence-corrected chi connectivity index (χ1v) is 7.02. The molecular formula is C14H19ClN2O2. The van der Waals surface area contributed by atoms with E-state index in [9.17, 15) is 4.79 Å². The molecule has 1 aromatic carbocycles. The summed E-state index contributed by atoms with van der Waals surface area (Å²) in [7, 11) is 0. The van der Waals surface area contributed by atoms with Crippen molar-refractivity contribution in [2.24, 2.45) is 0 Å². The number of nitrogens with zero attached hydrogens (tertiary/aromatic N) is 1. The number of benzene rings is 1. The van der Waals surface area contributed by atoms with Crippen LogP contribution in [0.3, 0.4) is 0 Å². The standard InChI is InChI=1S/C14H19ClN2O2/c15-11-4-6-12(7-5-11)16-14(19)17-9-2-1-3-13(17)8-10-18/h4-7,13,18H,1-3,8-10H2,(H,16,19). The topological polar surface area (TPSA) is 52.6 Å². The summed E-state index contributed by atoms with van der Waals surface area (Å²) in [5, 5.41) is 12.6. The van der Waals surface area contributed by atoms with E-state index in [0.717, 1.165) is 31.5 Å². The van der Waals surface area contributed by atoms with E-state index in [1.807, 2.05) is 4.90 Å². The van der Waals surface area contributed by atoms with Crippen LogP contribution in [0.1, 0.15) is 25.7 Å². The van der Waals surface area contributed by atoms with Gasteiger partial charge in [0.25, 0.3) is 0 Å². The van der Waals surface area contributed by atoms with Crippen LogP contribution >= 0.6 is 11.6 Å². The van der Waals surface area contributed by atoms with Crippen LogP contribution in [0.2, 0.25) is 5.02 Å². The fraction of sp³-hybridized carbons (Fsp3) is 0.500. The molecule has 5 heteroatoms. The maximum atomic E-state index is 12.2. The summed E-state index contributed by atoms with van der Waals surface area (Å²) in [6, 6.07) is 7.11. The summed E-state index contributed by atoms with van der Waals surface area (Å²) >= 11 is 5.81. The van der Waals surface area contributed by atoms with Gasteiger partial charge in [-0.2, -0.15) is 0 Å². The molecule has 0 aromatic heterocycles. The normalized spacial score (nSPS) is 19.3. The number of hydrogen-bond acceptors (Lipinski definition) is 2. The number of aliphatic hydroxyl groups is 1. The number of piperidine rings is 1. The lowest BCUT2D eigenvalue weighted by atomic mass is 10.0. The lowest BCUT2D eigenvalue weighted by Crippen LogP contribution is -2.46. The molecule has 1 aromatic rings. The lowest BCUT2D eigenvalue weighted by Gasteiger charge is -2.35. The number of nitrogens with one attached hydrogen (secondary N) is 1. The van der Waals surface area contributed by atoms with Gasteiger partial charge in [-0.15, -0.1) is 0 Å². The zero-order valence-corrected chi connectivity index (χ0v) is 11.6. The molecule has 1 aliphatic rings. The SMILES string of the molecule is O=C(Nc1ccc(Cl)cc1)N1CCCCC1CCO. The van der Waals surface area contributed by atoms with E-state index in [-0.39, 0.29) is 18.7 Å². The average Bonchev–Trinajstić information content (AvgIpc) is 2.42. The van der Waals surface area contributed by atoms with E-state index < -0.39 is 0 Å². The minimum absolute atomic E-state index is 0.0968. The van der Waals surface area contributed by atoms with E-state index in [0.29, 0.717) is 11.4 Å². The molecule has 1 fully saturated rings. The van der Waals surface area contributed by atoms with Crippen LogP contribution in [-0.2, 0) is 0 Å². The Bertz CT molecular complexity index is 420. The molecule has 1 aliphatic heterocycles. The van der Waals surface area contributed by atoms with E-state index in [4.69, 9.17) is 16.7 Å². The molecule has 0 spiro atoms. The van der Waals surface area contributed by atoms with Gasteiger partial charge >= 0.3 is 6.03 Å². The number of anilines is 1. The molecule has 1 atom stereocenters. The highest BCUT2D eigenvalue weighted by Gasteiger charge is 2.26. The summed E-state index contributed by atoms with van der Waals surface area (Å²) in [5.74, 6) is 0. The Morgan fingerprint density at radius 2 is 2.11 bits per heavy atom. The van der Waals surface area contributed by atoms with Gasteiger partial charge in [0.1, 0.15) is 0 Å². The molecule has 1 unspecified atom stereocenters. The van der Waals surface area contributed by atoms with Gasteiger partial charge in [0.15, 0.2) is 0 Å². The minimum atomic E-state index is -0.0968. The zero-order valence-electron chi connectivity index (χ0n) is 10.8. The minimum Gasteiger partial charge on any atom is -0.396 e. The quantitative estimate of drug-likeness (QED) is 0.895. The van der Waals surface area contributed by atoms with Gasteiger partial charge in [-0.25, -0.2) is 4.79 Å². The number of carbonyl (C=O) groups is 1. The smallest absolute Gasteiger partial charge is 0.322 e. The monoisotopic (exact) mass is 282 g/mol. The van der Waals surface area contributed by atoms with E-state index in [1.165, 1.54) is 0 Å². The van der Waals surface area contributed by atoms with Gasteiger partial charge in [-0.1, -0.05) is 11.6 Å². The number of aliphatic hydroxyl groups excluding tert-OH is 1. The van der Waals surface area contributed by atoms with Crippen LogP contribution in [0, 0.1) is 0 Å². The van der Waals surface area contributed by atoms with E-state index in [2.05, 4.69) is 5.32 Å². The second kappa shape index (κ2) is 6.78. The predicted molar refractivity (Wildman–Crippen MR) is 76.5 cm³/mol. The molecule has 2 N–H and O–H groups in total. The maximum absolute atomic E-state index is 12.2. The van der Waals surface area contributed by atoms with Crippen LogP contribution in [-0.4, -0.2) is 35.2 Å². The van der Waals surface area contributed by atoms with Crippen molar-refractivity contribution in [1.82, 2.24) is 4.90 Å². The van der Waals surface area contributed by atoms with Crippen LogP contribution in [0.25, 0.3) is 0 Å². The van der Waals surface area contributed by atoms with Gasteiger partial charge in [-0.3, -0.25) is 0 Å². The molecule has 104 valence electrons. The Morgan fingerprint density at radius 1 is 1.37 bits per heavy atom. The molecule has 0 saturated carbocycles. The van der Waals surface area contributed by atoms with Gasteiger partial charge < -0.3 is 15.3 Å². The molecule has 0 bridgehead atoms. The third kappa shape index (κ3) is 3.85. The highest BCUT2D eigenvalue weighted by molar-refractivity contribution is 6.30. The van der Waals surface area contributed by atoms with Crippen molar-refractivity contribution in [2.75, 3.05) is 18.5 Å². The molecule has 4 nitrogen and oxygen atoms in total. The third-order valence-corrected chi connectivity index (χ3v) is 3.70. The van der Waals surface area contributed by atoms with Crippen LogP contribution < -0.4 is 5.32 Å². The maximum Gasteiger partial charge on any atom is 0.322 e. The second-order valence-corrected chi connectivity index (χ2v) is 5.23. The first-order valence-electron chi connectivity index (χ1n) is 6.65. The van der Waals surface area contributed by atoms with Gasteiger partial charge in [0.05, 0.1) is 0 Å². The van der Waals surface area contributed by atoms with Crippen molar-refractivity contribution in [2.45, 2.75) is 31.7 Å². The van der Waals surface area contributed by atoms with Gasteiger partial charge in [0, 0.05) is 29.9 Å². The summed E-state index contributed by atoms with van der Waals surface area (Å²) in [4.78, 5) is 14.1. The molecule has 2 amide bonds. The van der Waals surface area contributed by atoms with Crippen molar-refractivity contribution in [3.8, 4) is 0 Å². The van der Waals surface area contributed by atoms with Crippen molar-refractivity contribution >= 4 is 23.3 Å². The molecular weight excluding hydrogens is 264 g/mol. The number of likely N-dealkylation sites (tertiary alicyclic amines) is 1. The second-order valence-electron chi connectivity index (χ2n) is 4.79. The van der Waals surface area contributed by atoms with Crippen molar-refractivity contribution in [1.29, 1.82) is 0 Å². The predicted octanol–water partition coefficient (Wildman–Crippen LogP) is 3.11. The Balaban J connectivity index is 1.99. The lowest BCUT2D eigenvalue weighted by molar-refractivity contribution is 0.141. The average molecular weight is 283 g/mol. The Hall–Kier alpha value is -1.26. The number of amides is 2. The first-order chi connectivity index (χ1) is 9.20. The Morgan fingerprint density at radius 3 is 2.79 bits per heavy atom. The van der Waals surface area contributed by atoms with E-state index >= 15 is 0 Å². The number of hydrogen-bond donors (Lipinski definition) is 2. The largest absolute Gasteiger partial charge is 0.396 e. The number of carbonyl (C=O) groups excluding carboxylic acids is 1. The molecule has 0 radical (unpaired) electrons. The fourth-order valence-electron chi connectivity index (χ4n) is 2.45.